The van der Waals surface area contributed by atoms with Crippen molar-refractivity contribution in [1.29, 1.82) is 0 Å². The van der Waals surface area contributed by atoms with E-state index in [2.05, 4.69) is 23.6 Å². The lowest BCUT2D eigenvalue weighted by molar-refractivity contribution is -0.00569. The van der Waals surface area contributed by atoms with E-state index < -0.39 is 6.10 Å². The summed E-state index contributed by atoms with van der Waals surface area (Å²) in [5, 5.41) is 11.0. The number of benzene rings is 1. The summed E-state index contributed by atoms with van der Waals surface area (Å²) >= 11 is 1.60. The first-order valence-electron chi connectivity index (χ1n) is 11.3. The summed E-state index contributed by atoms with van der Waals surface area (Å²) in [7, 11) is 0. The van der Waals surface area contributed by atoms with Crippen molar-refractivity contribution in [3.8, 4) is 0 Å². The minimum atomic E-state index is -0.568. The van der Waals surface area contributed by atoms with Crippen LogP contribution in [0.4, 0.5) is 11.8 Å². The van der Waals surface area contributed by atoms with Crippen LogP contribution in [0, 0.1) is 0 Å². The predicted octanol–water partition coefficient (Wildman–Crippen LogP) is 3.42. The Hall–Kier alpha value is -2.26. The molecule has 7 nitrogen and oxygen atoms in total. The van der Waals surface area contributed by atoms with Crippen LogP contribution in [0.25, 0.3) is 10.2 Å². The van der Waals surface area contributed by atoms with E-state index in [0.717, 1.165) is 58.6 Å². The zero-order valence-corrected chi connectivity index (χ0v) is 19.4. The Morgan fingerprint density at radius 2 is 1.78 bits per heavy atom. The number of fused-ring (bicyclic) bond motifs is 1. The summed E-state index contributed by atoms with van der Waals surface area (Å²) in [6, 6.07) is 12.1. The molecule has 32 heavy (non-hydrogen) atoms. The summed E-state index contributed by atoms with van der Waals surface area (Å²) in [5.41, 5.74) is 2.02. The molecule has 0 radical (unpaired) electrons. The molecule has 2 aliphatic rings. The van der Waals surface area contributed by atoms with E-state index in [4.69, 9.17) is 19.4 Å². The fraction of sp³-hybridized carbons (Fsp3) is 0.500. The van der Waals surface area contributed by atoms with E-state index in [-0.39, 0.29) is 12.2 Å². The third kappa shape index (κ3) is 4.59. The lowest BCUT2D eigenvalue weighted by Crippen LogP contribution is -2.46. The van der Waals surface area contributed by atoms with Gasteiger partial charge in [-0.05, 0) is 25.5 Å². The highest BCUT2D eigenvalue weighted by molar-refractivity contribution is 7.19. The number of hydrogen-bond donors (Lipinski definition) is 1. The van der Waals surface area contributed by atoms with E-state index in [9.17, 15) is 5.11 Å². The number of ether oxygens (including phenoxy) is 2. The maximum atomic E-state index is 11.0. The van der Waals surface area contributed by atoms with Gasteiger partial charge >= 0.3 is 0 Å². The molecule has 0 spiro atoms. The van der Waals surface area contributed by atoms with Gasteiger partial charge in [-0.1, -0.05) is 30.3 Å². The highest BCUT2D eigenvalue weighted by Gasteiger charge is 2.27. The molecule has 2 aromatic heterocycles. The first-order chi connectivity index (χ1) is 15.6. The molecule has 3 aromatic rings. The van der Waals surface area contributed by atoms with Crippen LogP contribution in [0.1, 0.15) is 30.4 Å². The summed E-state index contributed by atoms with van der Waals surface area (Å²) in [4.78, 5) is 15.4. The maximum Gasteiger partial charge on any atom is 0.228 e. The number of aliphatic hydroxyl groups excluding tert-OH is 1. The smallest absolute Gasteiger partial charge is 0.228 e. The van der Waals surface area contributed by atoms with Crippen LogP contribution in [0.15, 0.2) is 36.4 Å². The Balaban J connectivity index is 1.51. The Kier molecular flexibility index (Phi) is 6.28. The van der Waals surface area contributed by atoms with E-state index >= 15 is 0 Å². The molecule has 3 atom stereocenters. The number of hydrogen-bond acceptors (Lipinski definition) is 8. The highest BCUT2D eigenvalue weighted by atomic mass is 32.1. The van der Waals surface area contributed by atoms with Crippen LogP contribution >= 0.6 is 11.3 Å². The molecular weight excluding hydrogens is 424 g/mol. The summed E-state index contributed by atoms with van der Waals surface area (Å²) in [6.45, 7) is 8.72. The van der Waals surface area contributed by atoms with Gasteiger partial charge in [-0.3, -0.25) is 0 Å². The number of anilines is 2. The van der Waals surface area contributed by atoms with Crippen LogP contribution in [0.3, 0.4) is 0 Å². The Labute approximate surface area is 192 Å². The number of aromatic nitrogens is 2. The van der Waals surface area contributed by atoms with Gasteiger partial charge in [0.15, 0.2) is 5.82 Å². The first-order valence-corrected chi connectivity index (χ1v) is 12.1. The van der Waals surface area contributed by atoms with Crippen LogP contribution in [0.5, 0.6) is 0 Å². The Morgan fingerprint density at radius 1 is 1.06 bits per heavy atom. The van der Waals surface area contributed by atoms with E-state index in [1.807, 2.05) is 36.4 Å². The second kappa shape index (κ2) is 9.31. The monoisotopic (exact) mass is 454 g/mol. The maximum absolute atomic E-state index is 11.0. The molecule has 2 aliphatic heterocycles. The third-order valence-corrected chi connectivity index (χ3v) is 7.20. The quantitative estimate of drug-likeness (QED) is 0.633. The zero-order valence-electron chi connectivity index (χ0n) is 18.6. The molecule has 170 valence electrons. The lowest BCUT2D eigenvalue weighted by atomic mass is 10.1. The minimum Gasteiger partial charge on any atom is -0.387 e. The molecule has 5 rings (SSSR count). The molecule has 0 amide bonds. The van der Waals surface area contributed by atoms with E-state index in [1.165, 1.54) is 0 Å². The van der Waals surface area contributed by atoms with Crippen molar-refractivity contribution in [1.82, 2.24) is 9.97 Å². The van der Waals surface area contributed by atoms with E-state index in [1.54, 1.807) is 11.3 Å². The van der Waals surface area contributed by atoms with Gasteiger partial charge in [0.1, 0.15) is 0 Å². The molecule has 1 aromatic carbocycles. The number of aliphatic hydroxyl groups is 1. The summed E-state index contributed by atoms with van der Waals surface area (Å²) in [5.74, 6) is 1.69. The molecular formula is C24H30N4O3S. The Bertz CT molecular complexity index is 1040. The molecule has 2 fully saturated rings. The molecule has 2 saturated heterocycles. The van der Waals surface area contributed by atoms with E-state index in [0.29, 0.717) is 19.6 Å². The molecule has 8 heteroatoms. The van der Waals surface area contributed by atoms with Gasteiger partial charge < -0.3 is 24.4 Å². The molecule has 0 bridgehead atoms. The van der Waals surface area contributed by atoms with Gasteiger partial charge in [-0.2, -0.15) is 4.98 Å². The second-order valence-electron chi connectivity index (χ2n) is 8.68. The third-order valence-electron chi connectivity index (χ3n) is 5.97. The van der Waals surface area contributed by atoms with Crippen molar-refractivity contribution in [2.75, 3.05) is 49.2 Å². The summed E-state index contributed by atoms with van der Waals surface area (Å²) in [6.07, 6.45) is 0.284. The topological polar surface area (TPSA) is 71.0 Å². The van der Waals surface area contributed by atoms with Crippen LogP contribution in [0.2, 0.25) is 0 Å². The van der Waals surface area contributed by atoms with Gasteiger partial charge in [0, 0.05) is 37.5 Å². The minimum absolute atomic E-state index is 0.135. The zero-order chi connectivity index (χ0) is 22.1. The van der Waals surface area contributed by atoms with Gasteiger partial charge in [0.25, 0.3) is 0 Å². The first kappa shape index (κ1) is 21.6. The fourth-order valence-corrected chi connectivity index (χ4v) is 5.60. The van der Waals surface area contributed by atoms with Gasteiger partial charge in [-0.25, -0.2) is 4.98 Å². The van der Waals surface area contributed by atoms with Gasteiger partial charge in [-0.15, -0.1) is 11.3 Å². The van der Waals surface area contributed by atoms with Crippen LogP contribution in [-0.2, 0) is 15.9 Å². The average Bonchev–Trinajstić information content (AvgIpc) is 3.23. The summed E-state index contributed by atoms with van der Waals surface area (Å²) < 4.78 is 12.5. The molecule has 0 aliphatic carbocycles. The number of nitrogens with zero attached hydrogens (tertiary/aromatic N) is 4. The van der Waals surface area contributed by atoms with Gasteiger partial charge in [0.2, 0.25) is 5.95 Å². The number of thiophene rings is 1. The second-order valence-corrected chi connectivity index (χ2v) is 9.76. The van der Waals surface area contributed by atoms with Crippen LogP contribution in [-0.4, -0.2) is 66.7 Å². The van der Waals surface area contributed by atoms with Crippen molar-refractivity contribution >= 4 is 33.3 Å². The van der Waals surface area contributed by atoms with Crippen LogP contribution < -0.4 is 9.80 Å². The average molecular weight is 455 g/mol. The van der Waals surface area contributed by atoms with Crippen molar-refractivity contribution in [3.63, 3.8) is 0 Å². The lowest BCUT2D eigenvalue weighted by Gasteiger charge is -2.36. The van der Waals surface area contributed by atoms with Crippen molar-refractivity contribution in [2.45, 2.75) is 38.6 Å². The molecule has 4 heterocycles. The molecule has 1 N–H and O–H groups in total. The number of rotatable bonds is 5. The number of morpholine rings is 2. The van der Waals surface area contributed by atoms with Crippen molar-refractivity contribution < 1.29 is 14.6 Å². The predicted molar refractivity (Wildman–Crippen MR) is 128 cm³/mol. The standard InChI is InChI=1S/C24H30N4O3S/c1-16-14-28(15-17(2)31-16)24-25-19-13-21(20(29)12-18-6-4-3-5-7-18)32-22(19)23(26-24)27-8-10-30-11-9-27/h3-7,13,16-17,20,29H,8-12,14-15H2,1-2H3/t16-,17+,20?. The van der Waals surface area contributed by atoms with Crippen molar-refractivity contribution in [2.24, 2.45) is 0 Å². The molecule has 1 unspecified atom stereocenters. The fourth-order valence-electron chi connectivity index (χ4n) is 4.50. The van der Waals surface area contributed by atoms with Crippen molar-refractivity contribution in [3.05, 3.63) is 46.8 Å². The highest BCUT2D eigenvalue weighted by Crippen LogP contribution is 2.37. The Morgan fingerprint density at radius 3 is 2.50 bits per heavy atom. The SMILES string of the molecule is C[C@@H]1CN(c2nc(N3CCOCC3)c3sc(C(O)Cc4ccccc4)cc3n2)C[C@H](C)O1. The molecule has 0 saturated carbocycles. The normalized spacial score (nSPS) is 23.0. The largest absolute Gasteiger partial charge is 0.387 e. The van der Waals surface area contributed by atoms with Gasteiger partial charge in [0.05, 0.1) is 41.7 Å².